The molecule has 7 aromatic carbocycles. The van der Waals surface area contributed by atoms with Crippen LogP contribution in [0, 0.1) is 23.2 Å². The zero-order chi connectivity index (χ0) is 44.4. The summed E-state index contributed by atoms with van der Waals surface area (Å²) in [6, 6.07) is 60.8. The molecule has 0 spiro atoms. The van der Waals surface area contributed by atoms with Gasteiger partial charge < -0.3 is 0 Å². The second kappa shape index (κ2) is 16.0. The summed E-state index contributed by atoms with van der Waals surface area (Å²) in [5.41, 5.74) is 13.1. The molecule has 0 radical (unpaired) electrons. The highest BCUT2D eigenvalue weighted by molar-refractivity contribution is 7.20. The fourth-order valence-electron chi connectivity index (χ4n) is 12.5. The van der Waals surface area contributed by atoms with Crippen LogP contribution in [-0.4, -0.2) is 15.0 Å². The van der Waals surface area contributed by atoms with Crippen molar-refractivity contribution in [2.75, 3.05) is 0 Å². The zero-order valence-electron chi connectivity index (χ0n) is 37.0. The molecule has 5 heteroatoms. The Kier molecular flexibility index (Phi) is 9.77. The van der Waals surface area contributed by atoms with Crippen molar-refractivity contribution in [2.45, 2.75) is 56.3 Å². The lowest BCUT2D eigenvalue weighted by molar-refractivity contribution is -0.0281. The lowest BCUT2D eigenvalue weighted by Crippen LogP contribution is -2.55. The van der Waals surface area contributed by atoms with Crippen LogP contribution in [0.1, 0.15) is 78.1 Å². The van der Waals surface area contributed by atoms with E-state index in [1.807, 2.05) is 78.9 Å². The fraction of sp³-hybridized carbons (Fsp3) is 0.180. The normalized spacial score (nSPS) is 21.0. The predicted octanol–water partition coefficient (Wildman–Crippen LogP) is 15.8. The monoisotopic (exact) mass is 868 g/mol. The Hall–Kier alpha value is -7.26. The van der Waals surface area contributed by atoms with Gasteiger partial charge in [0.25, 0.3) is 0 Å². The molecule has 318 valence electrons. The highest BCUT2D eigenvalue weighted by atomic mass is 32.1. The maximum Gasteiger partial charge on any atom is 0.164 e. The standard InChI is InChI=1S/C61H48N4S/c1-3-50-54-32-46(59-64-57(44-12-6-4-7-13-44)63-58(65-59)45-14-8-5-9-15-45)23-29-55(54)66-56(50)30-39(2)42-18-24-48(25-19-42)60-33-40-31-41(34-60)36-61(35-40,38-60)49-26-20-43(21-27-49)52-28-22-47(37-62)51-16-10-11-17-53(51)52/h3-30,32,40-41H,1,31,33-36,38H2,2H3/b39-30+. The van der Waals surface area contributed by atoms with E-state index in [9.17, 15) is 5.26 Å². The van der Waals surface area contributed by atoms with E-state index in [0.717, 1.165) is 55.8 Å². The quantitative estimate of drug-likeness (QED) is 0.145. The van der Waals surface area contributed by atoms with Crippen molar-refractivity contribution in [1.82, 2.24) is 15.0 Å². The largest absolute Gasteiger partial charge is 0.208 e. The van der Waals surface area contributed by atoms with Crippen molar-refractivity contribution in [3.05, 3.63) is 203 Å². The summed E-state index contributed by atoms with van der Waals surface area (Å²) in [6.07, 6.45) is 12.1. The van der Waals surface area contributed by atoms with Gasteiger partial charge in [-0.1, -0.05) is 152 Å². The van der Waals surface area contributed by atoms with E-state index in [-0.39, 0.29) is 10.8 Å². The van der Waals surface area contributed by atoms with E-state index < -0.39 is 0 Å². The predicted molar refractivity (Wildman–Crippen MR) is 274 cm³/mol. The number of allylic oxidation sites excluding steroid dienone is 1. The number of fused-ring (bicyclic) bond motifs is 2. The molecule has 0 amide bonds. The Morgan fingerprint density at radius 1 is 0.606 bits per heavy atom. The molecule has 9 aromatic rings. The Morgan fingerprint density at radius 3 is 1.74 bits per heavy atom. The van der Waals surface area contributed by atoms with Gasteiger partial charge in [-0.3, -0.25) is 0 Å². The molecule has 2 aromatic heterocycles. The number of rotatable bonds is 9. The molecule has 4 fully saturated rings. The van der Waals surface area contributed by atoms with Crippen molar-refractivity contribution in [2.24, 2.45) is 11.8 Å². The van der Waals surface area contributed by atoms with Gasteiger partial charge in [0.05, 0.1) is 11.6 Å². The zero-order valence-corrected chi connectivity index (χ0v) is 37.9. The number of aromatic nitrogens is 3. The average Bonchev–Trinajstić information content (AvgIpc) is 3.72. The number of hydrogen-bond donors (Lipinski definition) is 0. The Balaban J connectivity index is 0.825. The molecule has 0 saturated heterocycles. The van der Waals surface area contributed by atoms with E-state index in [4.69, 9.17) is 15.0 Å². The van der Waals surface area contributed by atoms with Crippen LogP contribution in [0.25, 0.3) is 83.9 Å². The van der Waals surface area contributed by atoms with Gasteiger partial charge in [0, 0.05) is 37.0 Å². The summed E-state index contributed by atoms with van der Waals surface area (Å²) < 4.78 is 1.21. The van der Waals surface area contributed by atoms with Gasteiger partial charge in [-0.25, -0.2) is 15.0 Å². The van der Waals surface area contributed by atoms with Crippen LogP contribution in [0.15, 0.2) is 170 Å². The lowest BCUT2D eigenvalue weighted by Gasteiger charge is -2.63. The summed E-state index contributed by atoms with van der Waals surface area (Å²) in [4.78, 5) is 16.1. The third kappa shape index (κ3) is 6.91. The second-order valence-corrected chi connectivity index (χ2v) is 20.2. The first-order valence-corrected chi connectivity index (χ1v) is 24.1. The van der Waals surface area contributed by atoms with E-state index in [1.54, 1.807) is 11.3 Å². The van der Waals surface area contributed by atoms with E-state index in [2.05, 4.69) is 117 Å². The lowest BCUT2D eigenvalue weighted by atomic mass is 9.41. The van der Waals surface area contributed by atoms with Crippen LogP contribution in [0.4, 0.5) is 0 Å². The number of benzene rings is 7. The third-order valence-electron chi connectivity index (χ3n) is 15.1. The van der Waals surface area contributed by atoms with Gasteiger partial charge in [0.1, 0.15) is 0 Å². The SMILES string of the molecule is C=Cc1c(/C=C(\C)c2ccc(C34CC5CC(C3)CC(c3ccc(-c6ccc(C#N)c7ccccc67)cc3)(C5)C4)cc2)sc2ccc(-c3nc(-c4ccccc4)nc(-c4ccccc4)n3)cc12. The molecule has 4 aliphatic rings. The molecular weight excluding hydrogens is 821 g/mol. The summed E-state index contributed by atoms with van der Waals surface area (Å²) in [5, 5.41) is 13.1. The van der Waals surface area contributed by atoms with Crippen molar-refractivity contribution >= 4 is 49.9 Å². The first kappa shape index (κ1) is 40.3. The van der Waals surface area contributed by atoms with Crippen LogP contribution in [0.2, 0.25) is 0 Å². The molecule has 66 heavy (non-hydrogen) atoms. The molecule has 4 saturated carbocycles. The molecule has 4 nitrogen and oxygen atoms in total. The van der Waals surface area contributed by atoms with Gasteiger partial charge >= 0.3 is 0 Å². The van der Waals surface area contributed by atoms with Gasteiger partial charge in [0.2, 0.25) is 0 Å². The highest BCUT2D eigenvalue weighted by Crippen LogP contribution is 2.66. The molecule has 2 unspecified atom stereocenters. The first-order chi connectivity index (χ1) is 32.4. The van der Waals surface area contributed by atoms with Crippen molar-refractivity contribution in [3.8, 4) is 51.4 Å². The number of nitriles is 1. The van der Waals surface area contributed by atoms with E-state index >= 15 is 0 Å². The molecule has 2 atom stereocenters. The third-order valence-corrected chi connectivity index (χ3v) is 16.3. The topological polar surface area (TPSA) is 62.5 Å². The van der Waals surface area contributed by atoms with Crippen molar-refractivity contribution < 1.29 is 0 Å². The minimum absolute atomic E-state index is 0.212. The molecule has 0 N–H and O–H groups in total. The average molecular weight is 869 g/mol. The van der Waals surface area contributed by atoms with Crippen LogP contribution in [0.3, 0.4) is 0 Å². The molecule has 4 aliphatic carbocycles. The Labute approximate surface area is 390 Å². The second-order valence-electron chi connectivity index (χ2n) is 19.2. The maximum atomic E-state index is 9.75. The minimum atomic E-state index is 0.212. The van der Waals surface area contributed by atoms with Gasteiger partial charge in [-0.2, -0.15) is 5.26 Å². The van der Waals surface area contributed by atoms with Crippen molar-refractivity contribution in [3.63, 3.8) is 0 Å². The number of thiophene rings is 1. The molecule has 2 heterocycles. The minimum Gasteiger partial charge on any atom is -0.208 e. The smallest absolute Gasteiger partial charge is 0.164 e. The molecule has 4 bridgehead atoms. The van der Waals surface area contributed by atoms with E-state index in [1.165, 1.54) is 81.5 Å². The van der Waals surface area contributed by atoms with Gasteiger partial charge in [-0.15, -0.1) is 11.3 Å². The molecule has 0 aliphatic heterocycles. The number of nitrogens with zero attached hydrogens (tertiary/aromatic N) is 4. The number of hydrogen-bond acceptors (Lipinski definition) is 5. The summed E-state index contributed by atoms with van der Waals surface area (Å²) in [5.74, 6) is 3.49. The van der Waals surface area contributed by atoms with Gasteiger partial charge in [0.15, 0.2) is 17.5 Å². The highest BCUT2D eigenvalue weighted by Gasteiger charge is 2.58. The molecule has 13 rings (SSSR count). The Morgan fingerprint density at radius 2 is 1.15 bits per heavy atom. The van der Waals surface area contributed by atoms with Crippen molar-refractivity contribution in [1.29, 1.82) is 5.26 Å². The van der Waals surface area contributed by atoms with E-state index in [0.29, 0.717) is 17.5 Å². The van der Waals surface area contributed by atoms with Crippen LogP contribution in [-0.2, 0) is 10.8 Å². The first-order valence-electron chi connectivity index (χ1n) is 23.3. The molecular formula is C61H48N4S. The van der Waals surface area contributed by atoms with Gasteiger partial charge in [-0.05, 0) is 143 Å². The summed E-state index contributed by atoms with van der Waals surface area (Å²) in [7, 11) is 0. The Bertz CT molecular complexity index is 3340. The van der Waals surface area contributed by atoms with Crippen LogP contribution >= 0.6 is 11.3 Å². The van der Waals surface area contributed by atoms with Crippen LogP contribution in [0.5, 0.6) is 0 Å². The van der Waals surface area contributed by atoms with Crippen LogP contribution < -0.4 is 0 Å². The fourth-order valence-corrected chi connectivity index (χ4v) is 13.7. The summed E-state index contributed by atoms with van der Waals surface area (Å²) >= 11 is 1.80. The summed E-state index contributed by atoms with van der Waals surface area (Å²) in [6.45, 7) is 6.53. The maximum absolute atomic E-state index is 9.75.